The summed E-state index contributed by atoms with van der Waals surface area (Å²) in [6.45, 7) is 13.2. The zero-order valence-electron chi connectivity index (χ0n) is 17.3. The van der Waals surface area contributed by atoms with Gasteiger partial charge < -0.3 is 20.4 Å². The number of aryl methyl sites for hydroxylation is 2. The van der Waals surface area contributed by atoms with Crippen molar-refractivity contribution in [2.24, 2.45) is 4.99 Å². The van der Waals surface area contributed by atoms with E-state index in [-0.39, 0.29) is 0 Å². The van der Waals surface area contributed by atoms with Gasteiger partial charge in [0.15, 0.2) is 5.96 Å². The second kappa shape index (κ2) is 9.84. The molecule has 7 nitrogen and oxygen atoms in total. The van der Waals surface area contributed by atoms with Crippen LogP contribution in [0.1, 0.15) is 28.1 Å². The number of nitrogens with one attached hydrogen (secondary N) is 2. The average molecular weight is 402 g/mol. The van der Waals surface area contributed by atoms with Gasteiger partial charge in [0.1, 0.15) is 10.8 Å². The van der Waals surface area contributed by atoms with Crippen molar-refractivity contribution in [1.29, 1.82) is 0 Å². The van der Waals surface area contributed by atoms with E-state index in [2.05, 4.69) is 61.4 Å². The Bertz CT molecular complexity index is 757. The molecule has 2 aromatic rings. The molecule has 0 aromatic carbocycles. The van der Waals surface area contributed by atoms with E-state index in [1.54, 1.807) is 18.4 Å². The molecule has 0 saturated carbocycles. The van der Waals surface area contributed by atoms with Crippen molar-refractivity contribution in [2.45, 2.75) is 33.9 Å². The second-order valence-corrected chi connectivity index (χ2v) is 8.26. The highest BCUT2D eigenvalue weighted by Crippen LogP contribution is 2.16. The first-order chi connectivity index (χ1) is 13.6. The van der Waals surface area contributed by atoms with E-state index in [4.69, 9.17) is 0 Å². The lowest BCUT2D eigenvalue weighted by atomic mass is 10.2. The number of pyridine rings is 1. The summed E-state index contributed by atoms with van der Waals surface area (Å²) >= 11 is 1.72. The smallest absolute Gasteiger partial charge is 0.191 e. The highest BCUT2D eigenvalue weighted by molar-refractivity contribution is 7.11. The first kappa shape index (κ1) is 20.5. The number of rotatable bonds is 6. The van der Waals surface area contributed by atoms with E-state index in [0.29, 0.717) is 13.1 Å². The Hall–Kier alpha value is -2.19. The topological polar surface area (TPSA) is 68.7 Å². The number of thiazole rings is 1. The van der Waals surface area contributed by atoms with Crippen LogP contribution in [-0.2, 0) is 13.1 Å². The molecule has 1 aliphatic rings. The Morgan fingerprint density at radius 3 is 2.46 bits per heavy atom. The molecule has 0 atom stereocenters. The predicted molar refractivity (Wildman–Crippen MR) is 117 cm³/mol. The quantitative estimate of drug-likeness (QED) is 0.571. The maximum Gasteiger partial charge on any atom is 0.191 e. The van der Waals surface area contributed by atoms with Crippen molar-refractivity contribution in [2.75, 3.05) is 44.7 Å². The van der Waals surface area contributed by atoms with Crippen LogP contribution >= 0.6 is 11.3 Å². The number of aromatic nitrogens is 2. The molecule has 2 N–H and O–H groups in total. The number of anilines is 1. The molecule has 0 aliphatic carbocycles. The van der Waals surface area contributed by atoms with Crippen molar-refractivity contribution in [3.05, 3.63) is 39.5 Å². The van der Waals surface area contributed by atoms with E-state index in [0.717, 1.165) is 60.8 Å². The monoisotopic (exact) mass is 401 g/mol. The lowest BCUT2D eigenvalue weighted by Crippen LogP contribution is -2.46. The van der Waals surface area contributed by atoms with Crippen LogP contribution < -0.4 is 15.5 Å². The largest absolute Gasteiger partial charge is 0.354 e. The number of piperazine rings is 1. The molecule has 1 aliphatic heterocycles. The molecular formula is C20H31N7S. The molecule has 3 heterocycles. The zero-order chi connectivity index (χ0) is 19.9. The van der Waals surface area contributed by atoms with E-state index in [1.807, 2.05) is 13.1 Å². The predicted octanol–water partition coefficient (Wildman–Crippen LogP) is 2.16. The van der Waals surface area contributed by atoms with Gasteiger partial charge in [0.25, 0.3) is 0 Å². The molecule has 0 bridgehead atoms. The molecule has 152 valence electrons. The lowest BCUT2D eigenvalue weighted by molar-refractivity contribution is 0.270. The molecule has 3 rings (SSSR count). The van der Waals surface area contributed by atoms with Gasteiger partial charge in [-0.15, -0.1) is 11.3 Å². The summed E-state index contributed by atoms with van der Waals surface area (Å²) in [6, 6.07) is 4.26. The maximum absolute atomic E-state index is 4.66. The summed E-state index contributed by atoms with van der Waals surface area (Å²) in [7, 11) is 1.78. The standard InChI is InChI=1S/C20H31N7S/c1-5-26-8-10-27(11-9-26)18-7-6-17(12-22-18)13-23-20(21-4)24-14-19-25-15(2)16(3)28-19/h6-7,12H,5,8-11,13-14H2,1-4H3,(H2,21,23,24). The molecule has 28 heavy (non-hydrogen) atoms. The molecular weight excluding hydrogens is 370 g/mol. The molecule has 0 spiro atoms. The minimum atomic E-state index is 0.681. The minimum absolute atomic E-state index is 0.681. The summed E-state index contributed by atoms with van der Waals surface area (Å²) in [6.07, 6.45) is 1.95. The van der Waals surface area contributed by atoms with Gasteiger partial charge in [-0.05, 0) is 32.0 Å². The SMILES string of the molecule is CCN1CCN(c2ccc(CNC(=NC)NCc3nc(C)c(C)s3)cn2)CC1. The van der Waals surface area contributed by atoms with Crippen molar-refractivity contribution in [1.82, 2.24) is 25.5 Å². The van der Waals surface area contributed by atoms with Crippen LogP contribution in [-0.4, -0.2) is 60.6 Å². The van der Waals surface area contributed by atoms with E-state index < -0.39 is 0 Å². The van der Waals surface area contributed by atoms with E-state index in [9.17, 15) is 0 Å². The van der Waals surface area contributed by atoms with Gasteiger partial charge in [-0.2, -0.15) is 0 Å². The first-order valence-electron chi connectivity index (χ1n) is 9.88. The van der Waals surface area contributed by atoms with Gasteiger partial charge in [-0.3, -0.25) is 4.99 Å². The summed E-state index contributed by atoms with van der Waals surface area (Å²) < 4.78 is 0. The third-order valence-electron chi connectivity index (χ3n) is 5.12. The van der Waals surface area contributed by atoms with Crippen LogP contribution in [0.3, 0.4) is 0 Å². The second-order valence-electron chi connectivity index (χ2n) is 6.97. The summed E-state index contributed by atoms with van der Waals surface area (Å²) in [5, 5.41) is 7.74. The number of aliphatic imine (C=N–C) groups is 1. The number of likely N-dealkylation sites (N-methyl/N-ethyl adjacent to an activating group) is 1. The van der Waals surface area contributed by atoms with Crippen molar-refractivity contribution in [3.8, 4) is 0 Å². The van der Waals surface area contributed by atoms with Crippen LogP contribution in [0.2, 0.25) is 0 Å². The van der Waals surface area contributed by atoms with Crippen molar-refractivity contribution < 1.29 is 0 Å². The molecule has 0 amide bonds. The Kier molecular flexibility index (Phi) is 7.22. The molecule has 8 heteroatoms. The Labute approximate surface area is 171 Å². The van der Waals surface area contributed by atoms with Gasteiger partial charge in [-0.25, -0.2) is 9.97 Å². The fraction of sp³-hybridized carbons (Fsp3) is 0.550. The van der Waals surface area contributed by atoms with Crippen LogP contribution in [0.4, 0.5) is 5.82 Å². The van der Waals surface area contributed by atoms with Gasteiger partial charge in [0.05, 0.1) is 12.2 Å². The van der Waals surface area contributed by atoms with E-state index in [1.165, 1.54) is 4.88 Å². The maximum atomic E-state index is 4.66. The third-order valence-corrected chi connectivity index (χ3v) is 6.19. The van der Waals surface area contributed by atoms with Gasteiger partial charge in [0.2, 0.25) is 0 Å². The first-order valence-corrected chi connectivity index (χ1v) is 10.7. The molecule has 1 fully saturated rings. The van der Waals surface area contributed by atoms with Crippen LogP contribution in [0.15, 0.2) is 23.3 Å². The number of hydrogen-bond donors (Lipinski definition) is 2. The summed E-state index contributed by atoms with van der Waals surface area (Å²) in [5.74, 6) is 1.83. The summed E-state index contributed by atoms with van der Waals surface area (Å²) in [4.78, 5) is 19.6. The zero-order valence-corrected chi connectivity index (χ0v) is 18.1. The lowest BCUT2D eigenvalue weighted by Gasteiger charge is -2.34. The normalized spacial score (nSPS) is 15.7. The number of nitrogens with zero attached hydrogens (tertiary/aromatic N) is 5. The molecule has 0 unspecified atom stereocenters. The fourth-order valence-electron chi connectivity index (χ4n) is 3.18. The van der Waals surface area contributed by atoms with Gasteiger partial charge >= 0.3 is 0 Å². The molecule has 2 aromatic heterocycles. The Morgan fingerprint density at radius 1 is 1.14 bits per heavy atom. The van der Waals surface area contributed by atoms with Gasteiger partial charge in [-0.1, -0.05) is 13.0 Å². The fourth-order valence-corrected chi connectivity index (χ4v) is 4.06. The summed E-state index contributed by atoms with van der Waals surface area (Å²) in [5.41, 5.74) is 2.24. The molecule has 1 saturated heterocycles. The van der Waals surface area contributed by atoms with Crippen LogP contribution in [0, 0.1) is 13.8 Å². The number of guanidine groups is 1. The van der Waals surface area contributed by atoms with Crippen molar-refractivity contribution >= 4 is 23.1 Å². The third kappa shape index (κ3) is 5.42. The molecule has 0 radical (unpaired) electrons. The van der Waals surface area contributed by atoms with Crippen molar-refractivity contribution in [3.63, 3.8) is 0 Å². The van der Waals surface area contributed by atoms with Crippen LogP contribution in [0.5, 0.6) is 0 Å². The van der Waals surface area contributed by atoms with Gasteiger partial charge in [0, 0.05) is 50.8 Å². The highest BCUT2D eigenvalue weighted by Gasteiger charge is 2.16. The Morgan fingerprint density at radius 2 is 1.89 bits per heavy atom. The number of hydrogen-bond acceptors (Lipinski definition) is 6. The van der Waals surface area contributed by atoms with E-state index >= 15 is 0 Å². The highest BCUT2D eigenvalue weighted by atomic mass is 32.1. The van der Waals surface area contributed by atoms with Crippen LogP contribution in [0.25, 0.3) is 0 Å². The minimum Gasteiger partial charge on any atom is -0.354 e. The average Bonchev–Trinajstić information content (AvgIpc) is 3.06. The Balaban J connectivity index is 1.47.